The summed E-state index contributed by atoms with van der Waals surface area (Å²) in [5.41, 5.74) is 2.87. The van der Waals surface area contributed by atoms with Gasteiger partial charge >= 0.3 is 0 Å². The highest BCUT2D eigenvalue weighted by atomic mass is 79.9. The molecule has 2 nitrogen and oxygen atoms in total. The molecule has 2 aromatic rings. The summed E-state index contributed by atoms with van der Waals surface area (Å²) in [6.45, 7) is 4.61. The van der Waals surface area contributed by atoms with E-state index in [2.05, 4.69) is 15.9 Å². The van der Waals surface area contributed by atoms with Crippen LogP contribution in [-0.2, 0) is 0 Å². The second kappa shape index (κ2) is 6.22. The predicted octanol–water partition coefficient (Wildman–Crippen LogP) is 4.24. The molecule has 2 aromatic carbocycles. The number of hydrogen-bond acceptors (Lipinski definition) is 2. The summed E-state index contributed by atoms with van der Waals surface area (Å²) in [6, 6.07) is 13.5. The second-order valence-electron chi connectivity index (χ2n) is 4.47. The summed E-state index contributed by atoms with van der Waals surface area (Å²) in [5.74, 6) is 0.823. The van der Waals surface area contributed by atoms with Gasteiger partial charge in [-0.3, -0.25) is 0 Å². The topological polar surface area (TPSA) is 29.5 Å². The van der Waals surface area contributed by atoms with Crippen molar-refractivity contribution in [2.45, 2.75) is 20.0 Å². The highest BCUT2D eigenvalue weighted by Crippen LogP contribution is 2.27. The molecule has 0 spiro atoms. The van der Waals surface area contributed by atoms with Crippen LogP contribution in [0.3, 0.4) is 0 Å². The van der Waals surface area contributed by atoms with Crippen LogP contribution in [0.4, 0.5) is 0 Å². The number of halogens is 1. The summed E-state index contributed by atoms with van der Waals surface area (Å²) in [5, 5.41) is 10.4. The third-order valence-corrected chi connectivity index (χ3v) is 3.34. The number of ether oxygens (including phenoxy) is 1. The monoisotopic (exact) mass is 320 g/mol. The van der Waals surface area contributed by atoms with Crippen LogP contribution >= 0.6 is 15.9 Å². The average Bonchev–Trinajstić information content (AvgIpc) is 2.38. The van der Waals surface area contributed by atoms with E-state index in [-0.39, 0.29) is 0 Å². The van der Waals surface area contributed by atoms with Crippen LogP contribution in [0.5, 0.6) is 5.75 Å². The van der Waals surface area contributed by atoms with Crippen molar-refractivity contribution in [2.24, 2.45) is 0 Å². The van der Waals surface area contributed by atoms with E-state index in [0.717, 1.165) is 26.9 Å². The Morgan fingerprint density at radius 2 is 1.79 bits per heavy atom. The van der Waals surface area contributed by atoms with Crippen LogP contribution in [0.15, 0.2) is 46.9 Å². The van der Waals surface area contributed by atoms with Crippen LogP contribution in [0.25, 0.3) is 0 Å². The minimum absolute atomic E-state index is 0.619. The van der Waals surface area contributed by atoms with Crippen molar-refractivity contribution in [1.82, 2.24) is 0 Å². The molecule has 0 saturated heterocycles. The summed E-state index contributed by atoms with van der Waals surface area (Å²) in [4.78, 5) is 0. The Labute approximate surface area is 122 Å². The number of rotatable bonds is 4. The molecule has 0 radical (unpaired) electrons. The molecule has 1 unspecified atom stereocenters. The normalized spacial score (nSPS) is 12.2. The van der Waals surface area contributed by atoms with Gasteiger partial charge in [-0.25, -0.2) is 0 Å². The quantitative estimate of drug-likeness (QED) is 0.913. The van der Waals surface area contributed by atoms with Crippen molar-refractivity contribution in [3.8, 4) is 5.75 Å². The maximum atomic E-state index is 10.4. The standard InChI is InChI=1S/C16H17BrO2/c1-3-19-15-6-4-12(5-7-15)16(18)13-8-11(2)9-14(17)10-13/h4-10,16,18H,3H2,1-2H3. The van der Waals surface area contributed by atoms with Gasteiger partial charge in [0.1, 0.15) is 11.9 Å². The van der Waals surface area contributed by atoms with Gasteiger partial charge in [-0.1, -0.05) is 34.1 Å². The highest BCUT2D eigenvalue weighted by molar-refractivity contribution is 9.10. The molecule has 0 aliphatic heterocycles. The van der Waals surface area contributed by atoms with Crippen molar-refractivity contribution in [3.05, 3.63) is 63.6 Å². The molecule has 1 N–H and O–H groups in total. The van der Waals surface area contributed by atoms with Gasteiger partial charge in [-0.05, 0) is 54.8 Å². The Bertz CT molecular complexity index is 529. The lowest BCUT2D eigenvalue weighted by Crippen LogP contribution is -2.00. The van der Waals surface area contributed by atoms with Crippen molar-refractivity contribution in [2.75, 3.05) is 6.61 Å². The molecule has 0 bridgehead atoms. The smallest absolute Gasteiger partial charge is 0.119 e. The fourth-order valence-corrected chi connectivity index (χ4v) is 2.65. The van der Waals surface area contributed by atoms with Crippen molar-refractivity contribution in [1.29, 1.82) is 0 Å². The number of aryl methyl sites for hydroxylation is 1. The van der Waals surface area contributed by atoms with Crippen LogP contribution in [-0.4, -0.2) is 11.7 Å². The fraction of sp³-hybridized carbons (Fsp3) is 0.250. The van der Waals surface area contributed by atoms with Crippen molar-refractivity contribution < 1.29 is 9.84 Å². The highest BCUT2D eigenvalue weighted by Gasteiger charge is 2.11. The van der Waals surface area contributed by atoms with Gasteiger partial charge < -0.3 is 9.84 Å². The molecular weight excluding hydrogens is 304 g/mol. The van der Waals surface area contributed by atoms with Crippen molar-refractivity contribution >= 4 is 15.9 Å². The second-order valence-corrected chi connectivity index (χ2v) is 5.38. The summed E-state index contributed by atoms with van der Waals surface area (Å²) in [6.07, 6.45) is -0.619. The Morgan fingerprint density at radius 1 is 1.11 bits per heavy atom. The first kappa shape index (κ1) is 14.1. The third kappa shape index (κ3) is 3.58. The molecule has 19 heavy (non-hydrogen) atoms. The van der Waals surface area contributed by atoms with Crippen molar-refractivity contribution in [3.63, 3.8) is 0 Å². The number of benzene rings is 2. The Balaban J connectivity index is 2.25. The Morgan fingerprint density at radius 3 is 2.37 bits per heavy atom. The fourth-order valence-electron chi connectivity index (χ4n) is 2.03. The maximum Gasteiger partial charge on any atom is 0.119 e. The minimum Gasteiger partial charge on any atom is -0.494 e. The van der Waals surface area contributed by atoms with Crippen LogP contribution in [0.1, 0.15) is 29.7 Å². The minimum atomic E-state index is -0.619. The van der Waals surface area contributed by atoms with E-state index in [0.29, 0.717) is 6.61 Å². The average molecular weight is 321 g/mol. The lowest BCUT2D eigenvalue weighted by atomic mass is 10.00. The summed E-state index contributed by atoms with van der Waals surface area (Å²) >= 11 is 3.45. The van der Waals surface area contributed by atoms with Gasteiger partial charge in [-0.15, -0.1) is 0 Å². The lowest BCUT2D eigenvalue weighted by molar-refractivity contribution is 0.220. The van der Waals surface area contributed by atoms with Gasteiger partial charge in [0.2, 0.25) is 0 Å². The SMILES string of the molecule is CCOc1ccc(C(O)c2cc(C)cc(Br)c2)cc1. The molecule has 0 aliphatic rings. The zero-order valence-corrected chi connectivity index (χ0v) is 12.6. The van der Waals surface area contributed by atoms with Crippen LogP contribution < -0.4 is 4.74 Å². The first-order chi connectivity index (χ1) is 9.10. The molecule has 2 rings (SSSR count). The summed E-state index contributed by atoms with van der Waals surface area (Å²) < 4.78 is 6.37. The van der Waals surface area contributed by atoms with Gasteiger partial charge in [0.25, 0.3) is 0 Å². The molecule has 0 aromatic heterocycles. The molecule has 0 amide bonds. The first-order valence-electron chi connectivity index (χ1n) is 6.28. The zero-order valence-electron chi connectivity index (χ0n) is 11.1. The lowest BCUT2D eigenvalue weighted by Gasteiger charge is -2.13. The van der Waals surface area contributed by atoms with E-state index in [4.69, 9.17) is 4.74 Å². The maximum absolute atomic E-state index is 10.4. The molecule has 3 heteroatoms. The number of aliphatic hydroxyl groups is 1. The molecular formula is C16H17BrO2. The molecule has 0 heterocycles. The van der Waals surface area contributed by atoms with E-state index in [1.807, 2.05) is 56.3 Å². The zero-order chi connectivity index (χ0) is 13.8. The third-order valence-electron chi connectivity index (χ3n) is 2.89. The molecule has 0 fully saturated rings. The first-order valence-corrected chi connectivity index (χ1v) is 7.07. The van der Waals surface area contributed by atoms with E-state index >= 15 is 0 Å². The Hall–Kier alpha value is -1.32. The van der Waals surface area contributed by atoms with E-state index in [1.165, 1.54) is 0 Å². The molecule has 100 valence electrons. The van der Waals surface area contributed by atoms with Gasteiger partial charge in [0, 0.05) is 4.47 Å². The predicted molar refractivity (Wildman–Crippen MR) is 80.6 cm³/mol. The van der Waals surface area contributed by atoms with Gasteiger partial charge in [-0.2, -0.15) is 0 Å². The van der Waals surface area contributed by atoms with Crippen LogP contribution in [0, 0.1) is 6.92 Å². The van der Waals surface area contributed by atoms with E-state index in [9.17, 15) is 5.11 Å². The molecule has 0 saturated carbocycles. The molecule has 1 atom stereocenters. The Kier molecular flexibility index (Phi) is 4.61. The van der Waals surface area contributed by atoms with Gasteiger partial charge in [0.05, 0.1) is 6.61 Å². The largest absolute Gasteiger partial charge is 0.494 e. The van der Waals surface area contributed by atoms with E-state index < -0.39 is 6.10 Å². The van der Waals surface area contributed by atoms with E-state index in [1.54, 1.807) is 0 Å². The van der Waals surface area contributed by atoms with Crippen LogP contribution in [0.2, 0.25) is 0 Å². The van der Waals surface area contributed by atoms with Gasteiger partial charge in [0.15, 0.2) is 0 Å². The number of aliphatic hydroxyl groups excluding tert-OH is 1. The molecule has 0 aliphatic carbocycles. The summed E-state index contributed by atoms with van der Waals surface area (Å²) in [7, 11) is 0. The number of hydrogen-bond donors (Lipinski definition) is 1.